The van der Waals surface area contributed by atoms with Gasteiger partial charge in [-0.1, -0.05) is 63.7 Å². The van der Waals surface area contributed by atoms with E-state index in [1.807, 2.05) is 38.1 Å². The third kappa shape index (κ3) is 4.48. The minimum atomic E-state index is -1.35. The van der Waals surface area contributed by atoms with Gasteiger partial charge in [0.25, 0.3) is 0 Å². The van der Waals surface area contributed by atoms with Crippen LogP contribution in [-0.4, -0.2) is 46.2 Å². The summed E-state index contributed by atoms with van der Waals surface area (Å²) in [5.41, 5.74) is -0.720. The fourth-order valence-electron chi connectivity index (χ4n) is 8.37. The van der Waals surface area contributed by atoms with Gasteiger partial charge in [0.2, 0.25) is 0 Å². The molecule has 0 heterocycles. The van der Waals surface area contributed by atoms with Crippen molar-refractivity contribution in [2.75, 3.05) is 11.9 Å². The quantitative estimate of drug-likeness (QED) is 0.242. The Hall–Kier alpha value is -3.36. The third-order valence-electron chi connectivity index (χ3n) is 10.4. The maximum absolute atomic E-state index is 13.3. The van der Waals surface area contributed by atoms with Gasteiger partial charge in [0, 0.05) is 30.8 Å². The van der Waals surface area contributed by atoms with E-state index in [1.54, 1.807) is 39.0 Å². The number of nitrogens with one attached hydrogen (secondary N) is 1. The number of ether oxygens (including phenoxy) is 3. The first-order valence-corrected chi connectivity index (χ1v) is 15.2. The van der Waals surface area contributed by atoms with Crippen molar-refractivity contribution in [2.24, 2.45) is 16.7 Å². The zero-order valence-electron chi connectivity index (χ0n) is 26.4. The van der Waals surface area contributed by atoms with E-state index < -0.39 is 45.8 Å². The second-order valence-electron chi connectivity index (χ2n) is 14.0. The lowest BCUT2D eigenvalue weighted by molar-refractivity contribution is -0.261. The van der Waals surface area contributed by atoms with E-state index in [1.165, 1.54) is 0 Å². The number of aromatic hydroxyl groups is 1. The summed E-state index contributed by atoms with van der Waals surface area (Å²) in [6.07, 6.45) is -0.113. The van der Waals surface area contributed by atoms with Crippen LogP contribution in [0.5, 0.6) is 5.75 Å². The highest BCUT2D eigenvalue weighted by Crippen LogP contribution is 2.80. The van der Waals surface area contributed by atoms with Gasteiger partial charge in [-0.2, -0.15) is 0 Å². The molecule has 43 heavy (non-hydrogen) atoms. The molecule has 5 atom stereocenters. The summed E-state index contributed by atoms with van der Waals surface area (Å²) in [5.74, 6) is -0.647. The number of hydrogen-bond donors (Lipinski definition) is 3. The monoisotopic (exact) mass is 591 g/mol. The number of carbonyl (C=O) groups excluding carboxylic acids is 2. The van der Waals surface area contributed by atoms with E-state index in [0.29, 0.717) is 25.0 Å². The minimum Gasteiger partial charge on any atom is -0.505 e. The number of esters is 1. The molecule has 0 saturated heterocycles. The van der Waals surface area contributed by atoms with Crippen molar-refractivity contribution in [3.63, 3.8) is 0 Å². The summed E-state index contributed by atoms with van der Waals surface area (Å²) in [5, 5.41) is 26.2. The first-order valence-electron chi connectivity index (χ1n) is 15.2. The van der Waals surface area contributed by atoms with Crippen molar-refractivity contribution in [1.29, 1.82) is 0 Å². The highest BCUT2D eigenvalue weighted by Gasteiger charge is 2.85. The number of fused-ring (bicyclic) bond motifs is 7. The van der Waals surface area contributed by atoms with Crippen LogP contribution in [0.15, 0.2) is 49.0 Å². The first-order chi connectivity index (χ1) is 20.0. The zero-order valence-corrected chi connectivity index (χ0v) is 26.4. The molecule has 3 aliphatic rings. The van der Waals surface area contributed by atoms with Crippen LogP contribution in [0, 0.1) is 16.7 Å². The summed E-state index contributed by atoms with van der Waals surface area (Å²) in [6.45, 7) is 18.3. The minimum absolute atomic E-state index is 0.0195. The number of aryl methyl sites for hydroxylation is 1. The average molecular weight is 592 g/mol. The van der Waals surface area contributed by atoms with Crippen LogP contribution in [0.3, 0.4) is 0 Å². The molecule has 3 N–H and O–H groups in total. The Morgan fingerprint density at radius 1 is 1.09 bits per heavy atom. The molecule has 232 valence electrons. The van der Waals surface area contributed by atoms with Crippen LogP contribution in [0.1, 0.15) is 84.4 Å². The molecule has 0 spiro atoms. The Labute approximate surface area is 254 Å². The molecule has 0 aromatic heterocycles. The second kappa shape index (κ2) is 10.4. The smallest absolute Gasteiger partial charge is 0.412 e. The molecule has 2 aromatic rings. The number of phenols is 1. The van der Waals surface area contributed by atoms with Gasteiger partial charge in [0.1, 0.15) is 28.7 Å². The maximum Gasteiger partial charge on any atom is 0.412 e. The molecular weight excluding hydrogens is 546 g/mol. The molecule has 8 nitrogen and oxygen atoms in total. The van der Waals surface area contributed by atoms with Gasteiger partial charge in [0.05, 0.1) is 5.69 Å². The number of para-hydroxylation sites is 1. The Bertz CT molecular complexity index is 1460. The number of hydrogen-bond acceptors (Lipinski definition) is 7. The SMILES string of the molecule is C=C1C[C@]2(O)[C@](OCC)(c3ccccc31)[C@H]1C[C@@H](OC(=O)CCc3cccc(NC(=O)OC(C)(C)C)c3O)[C@]2(C)C1(C)C. The Morgan fingerprint density at radius 2 is 1.79 bits per heavy atom. The fourth-order valence-corrected chi connectivity index (χ4v) is 8.37. The number of rotatable bonds is 7. The Balaban J connectivity index is 1.36. The van der Waals surface area contributed by atoms with E-state index >= 15 is 0 Å². The highest BCUT2D eigenvalue weighted by atomic mass is 16.6. The van der Waals surface area contributed by atoms with Crippen molar-refractivity contribution < 1.29 is 34.0 Å². The van der Waals surface area contributed by atoms with Gasteiger partial charge in [-0.3, -0.25) is 10.1 Å². The van der Waals surface area contributed by atoms with Crippen LogP contribution in [0.2, 0.25) is 0 Å². The van der Waals surface area contributed by atoms with Crippen molar-refractivity contribution in [3.05, 3.63) is 65.7 Å². The predicted molar refractivity (Wildman–Crippen MR) is 165 cm³/mol. The largest absolute Gasteiger partial charge is 0.505 e. The summed E-state index contributed by atoms with van der Waals surface area (Å²) >= 11 is 0. The molecule has 2 fully saturated rings. The molecule has 0 aliphatic heterocycles. The van der Waals surface area contributed by atoms with E-state index in [-0.39, 0.29) is 30.2 Å². The molecule has 5 rings (SSSR count). The summed E-state index contributed by atoms with van der Waals surface area (Å²) in [7, 11) is 0. The van der Waals surface area contributed by atoms with Crippen LogP contribution in [0.25, 0.3) is 5.57 Å². The molecular formula is C35H45NO7. The van der Waals surface area contributed by atoms with E-state index in [9.17, 15) is 19.8 Å². The summed E-state index contributed by atoms with van der Waals surface area (Å²) in [6, 6.07) is 13.0. The number of amides is 1. The first kappa shape index (κ1) is 31.1. The molecule has 2 bridgehead atoms. The maximum atomic E-state index is 13.3. The zero-order chi connectivity index (χ0) is 31.6. The number of benzene rings is 2. The van der Waals surface area contributed by atoms with Gasteiger partial charge >= 0.3 is 12.1 Å². The third-order valence-corrected chi connectivity index (χ3v) is 10.4. The highest BCUT2D eigenvalue weighted by molar-refractivity contribution is 5.87. The van der Waals surface area contributed by atoms with Crippen LogP contribution < -0.4 is 5.32 Å². The molecule has 0 unspecified atom stereocenters. The standard InChI is InChI=1S/C35H45NO7/c1-9-41-35-24-15-11-10-14-23(24)21(2)20-34(35,40)33(8)27(19-26(35)32(33,6)7)42-28(37)18-17-22-13-12-16-25(29(22)38)36-30(39)43-31(3,4)5/h10-16,26-27,38,40H,2,9,17-20H2,1,3-8H3,(H,36,39)/t26-,27+,33+,34+,35-/m0/s1. The number of anilines is 1. The number of carbonyl (C=O) groups is 2. The molecule has 0 radical (unpaired) electrons. The molecule has 2 aromatic carbocycles. The van der Waals surface area contributed by atoms with Gasteiger partial charge in [0.15, 0.2) is 0 Å². The number of aliphatic hydroxyl groups is 1. The summed E-state index contributed by atoms with van der Waals surface area (Å²) in [4.78, 5) is 25.6. The second-order valence-corrected chi connectivity index (χ2v) is 14.0. The van der Waals surface area contributed by atoms with Crippen molar-refractivity contribution in [3.8, 4) is 5.75 Å². The van der Waals surface area contributed by atoms with E-state index in [0.717, 1.165) is 16.7 Å². The lowest BCUT2D eigenvalue weighted by Gasteiger charge is -2.58. The van der Waals surface area contributed by atoms with Crippen LogP contribution >= 0.6 is 0 Å². The van der Waals surface area contributed by atoms with E-state index in [4.69, 9.17) is 14.2 Å². The molecule has 3 aliphatic carbocycles. The number of phenolic OH excluding ortho intramolecular Hbond substituents is 1. The fraction of sp³-hybridized carbons (Fsp3) is 0.543. The van der Waals surface area contributed by atoms with Crippen molar-refractivity contribution in [1.82, 2.24) is 0 Å². The Kier molecular flexibility index (Phi) is 7.50. The normalized spacial score (nSPS) is 30.4. The van der Waals surface area contributed by atoms with E-state index in [2.05, 4.69) is 25.7 Å². The van der Waals surface area contributed by atoms with Gasteiger partial charge < -0.3 is 24.4 Å². The van der Waals surface area contributed by atoms with Gasteiger partial charge in [-0.25, -0.2) is 4.79 Å². The van der Waals surface area contributed by atoms with Gasteiger partial charge in [-0.05, 0) is 74.3 Å². The molecule has 2 saturated carbocycles. The van der Waals surface area contributed by atoms with Crippen molar-refractivity contribution in [2.45, 2.75) is 97.1 Å². The Morgan fingerprint density at radius 3 is 2.47 bits per heavy atom. The molecule has 8 heteroatoms. The average Bonchev–Trinajstić information content (AvgIpc) is 3.17. The molecule has 1 amide bonds. The lowest BCUT2D eigenvalue weighted by Crippen LogP contribution is -2.67. The summed E-state index contributed by atoms with van der Waals surface area (Å²) < 4.78 is 18.1. The van der Waals surface area contributed by atoms with Crippen molar-refractivity contribution >= 4 is 23.3 Å². The van der Waals surface area contributed by atoms with Gasteiger partial charge in [-0.15, -0.1) is 0 Å². The predicted octanol–water partition coefficient (Wildman–Crippen LogP) is 6.73. The lowest BCUT2D eigenvalue weighted by atomic mass is 9.54. The van der Waals surface area contributed by atoms with Crippen LogP contribution in [-0.2, 0) is 31.0 Å². The topological polar surface area (TPSA) is 114 Å². The van der Waals surface area contributed by atoms with Crippen LogP contribution in [0.4, 0.5) is 10.5 Å².